The number of nitrogens with zero attached hydrogens (tertiary/aromatic N) is 1. The van der Waals surface area contributed by atoms with E-state index in [0.717, 1.165) is 12.1 Å². The molecule has 0 atom stereocenters. The van der Waals surface area contributed by atoms with Gasteiger partial charge in [0.25, 0.3) is 0 Å². The van der Waals surface area contributed by atoms with Gasteiger partial charge in [0.1, 0.15) is 10.8 Å². The quantitative estimate of drug-likeness (QED) is 0.670. The lowest BCUT2D eigenvalue weighted by Crippen LogP contribution is -2.09. The zero-order chi connectivity index (χ0) is 14.0. The molecule has 0 spiro atoms. The number of nitrogen functional groups attached to an aromatic ring is 1. The molecule has 0 bridgehead atoms. The Kier molecular flexibility index (Phi) is 4.04. The lowest BCUT2D eigenvalue weighted by atomic mass is 10.3. The van der Waals surface area contributed by atoms with Crippen LogP contribution in [-0.4, -0.2) is 4.98 Å². The summed E-state index contributed by atoms with van der Waals surface area (Å²) < 4.78 is 31.3. The van der Waals surface area contributed by atoms with Crippen LogP contribution in [0.15, 0.2) is 24.3 Å². The average Bonchev–Trinajstić information content (AvgIpc) is 2.35. The molecule has 1 aromatic heterocycles. The normalized spacial score (nSPS) is 10.4. The molecule has 8 heteroatoms. The first-order chi connectivity index (χ1) is 9.01. The number of hydrazine groups is 1. The predicted molar refractivity (Wildman–Crippen MR) is 68.5 cm³/mol. The number of rotatable bonds is 3. The molecule has 0 aliphatic rings. The monoisotopic (exact) mass is 305 g/mol. The number of hydrogen-bond donors (Lipinski definition) is 2. The number of hydrogen-bond acceptors (Lipinski definition) is 4. The second-order valence-electron chi connectivity index (χ2n) is 3.43. The van der Waals surface area contributed by atoms with Crippen molar-refractivity contribution in [3.8, 4) is 11.6 Å². The molecule has 0 amide bonds. The number of nitrogens with one attached hydrogen (secondary N) is 1. The molecule has 4 nitrogen and oxygen atoms in total. The maximum atomic E-state index is 13.4. The van der Waals surface area contributed by atoms with Crippen molar-refractivity contribution in [2.24, 2.45) is 5.84 Å². The number of anilines is 1. The highest BCUT2D eigenvalue weighted by atomic mass is 35.5. The van der Waals surface area contributed by atoms with E-state index in [1.165, 1.54) is 6.07 Å². The summed E-state index contributed by atoms with van der Waals surface area (Å²) in [4.78, 5) is 3.87. The van der Waals surface area contributed by atoms with Crippen LogP contribution >= 0.6 is 23.2 Å². The minimum Gasteiger partial charge on any atom is -0.434 e. The third-order valence-corrected chi connectivity index (χ3v) is 2.69. The van der Waals surface area contributed by atoms with Crippen LogP contribution in [0.25, 0.3) is 0 Å². The van der Waals surface area contributed by atoms with Gasteiger partial charge in [-0.05, 0) is 18.2 Å². The second kappa shape index (κ2) is 5.56. The van der Waals surface area contributed by atoms with Gasteiger partial charge in [0.2, 0.25) is 5.88 Å². The van der Waals surface area contributed by atoms with Gasteiger partial charge >= 0.3 is 0 Å². The molecule has 1 aromatic carbocycles. The van der Waals surface area contributed by atoms with Gasteiger partial charge < -0.3 is 10.2 Å². The van der Waals surface area contributed by atoms with Crippen LogP contribution in [0.2, 0.25) is 10.0 Å². The molecule has 0 saturated carbocycles. The third kappa shape index (κ3) is 3.04. The van der Waals surface area contributed by atoms with E-state index in [4.69, 9.17) is 33.8 Å². The highest BCUT2D eigenvalue weighted by Gasteiger charge is 2.13. The van der Waals surface area contributed by atoms with Crippen molar-refractivity contribution in [2.45, 2.75) is 0 Å². The van der Waals surface area contributed by atoms with E-state index in [-0.39, 0.29) is 27.5 Å². The number of halogens is 4. The van der Waals surface area contributed by atoms with Crippen LogP contribution in [0.5, 0.6) is 11.6 Å². The van der Waals surface area contributed by atoms with Crippen molar-refractivity contribution in [1.82, 2.24) is 4.98 Å². The van der Waals surface area contributed by atoms with Gasteiger partial charge in [-0.25, -0.2) is 14.6 Å². The minimum atomic E-state index is -0.880. The highest BCUT2D eigenvalue weighted by molar-refractivity contribution is 6.36. The number of ether oxygens (including phenoxy) is 1. The zero-order valence-corrected chi connectivity index (χ0v) is 10.8. The maximum absolute atomic E-state index is 13.4. The summed E-state index contributed by atoms with van der Waals surface area (Å²) in [6, 6.07) is 4.18. The molecule has 1 heterocycles. The van der Waals surface area contributed by atoms with Gasteiger partial charge in [0.15, 0.2) is 17.4 Å². The lowest BCUT2D eigenvalue weighted by Gasteiger charge is -2.10. The first-order valence-corrected chi connectivity index (χ1v) is 5.72. The standard InChI is InChI=1S/C11H7Cl2F2N3O/c12-6-4-7(13)11(17-10(6)18-16)19-9-2-1-5(14)3-8(9)15/h1-4H,16H2,(H,17,18). The Hall–Kier alpha value is -1.63. The van der Waals surface area contributed by atoms with Gasteiger partial charge in [0, 0.05) is 6.07 Å². The molecule has 19 heavy (non-hydrogen) atoms. The SMILES string of the molecule is NNc1nc(Oc2ccc(F)cc2F)c(Cl)cc1Cl. The summed E-state index contributed by atoms with van der Waals surface area (Å²) in [6.07, 6.45) is 0. The predicted octanol–water partition coefficient (Wildman–Crippen LogP) is 3.74. The smallest absolute Gasteiger partial charge is 0.240 e. The topological polar surface area (TPSA) is 60.2 Å². The molecule has 2 aromatic rings. The zero-order valence-electron chi connectivity index (χ0n) is 9.25. The number of benzene rings is 1. The van der Waals surface area contributed by atoms with E-state index < -0.39 is 11.6 Å². The van der Waals surface area contributed by atoms with E-state index in [0.29, 0.717) is 6.07 Å². The first-order valence-electron chi connectivity index (χ1n) is 4.97. The summed E-state index contributed by atoms with van der Waals surface area (Å²) in [6.45, 7) is 0. The Morgan fingerprint density at radius 1 is 1.16 bits per heavy atom. The van der Waals surface area contributed by atoms with E-state index >= 15 is 0 Å². The molecule has 2 rings (SSSR count). The Morgan fingerprint density at radius 2 is 1.89 bits per heavy atom. The summed E-state index contributed by atoms with van der Waals surface area (Å²) in [5.41, 5.74) is 2.24. The van der Waals surface area contributed by atoms with E-state index in [2.05, 4.69) is 10.4 Å². The maximum Gasteiger partial charge on any atom is 0.240 e. The van der Waals surface area contributed by atoms with E-state index in [1.807, 2.05) is 0 Å². The first kappa shape index (κ1) is 13.8. The van der Waals surface area contributed by atoms with Crippen LogP contribution in [0, 0.1) is 11.6 Å². The fourth-order valence-corrected chi connectivity index (χ4v) is 1.74. The molecular formula is C11H7Cl2F2N3O. The van der Waals surface area contributed by atoms with Crippen molar-refractivity contribution in [3.63, 3.8) is 0 Å². The van der Waals surface area contributed by atoms with Crippen LogP contribution < -0.4 is 16.0 Å². The fraction of sp³-hybridized carbons (Fsp3) is 0. The molecule has 0 radical (unpaired) electrons. The number of nitrogens with two attached hydrogens (primary N) is 1. The van der Waals surface area contributed by atoms with Crippen LogP contribution in [0.1, 0.15) is 0 Å². The van der Waals surface area contributed by atoms with E-state index in [9.17, 15) is 8.78 Å². The molecule has 0 fully saturated rings. The highest BCUT2D eigenvalue weighted by Crippen LogP contribution is 2.33. The Balaban J connectivity index is 2.37. The van der Waals surface area contributed by atoms with E-state index in [1.54, 1.807) is 0 Å². The number of pyridine rings is 1. The van der Waals surface area contributed by atoms with Crippen LogP contribution in [0.3, 0.4) is 0 Å². The molecule has 3 N–H and O–H groups in total. The minimum absolute atomic E-state index is 0.0627. The summed E-state index contributed by atoms with van der Waals surface area (Å²) in [5.74, 6) is 3.38. The van der Waals surface area contributed by atoms with Gasteiger partial charge in [-0.2, -0.15) is 4.98 Å². The van der Waals surface area contributed by atoms with Gasteiger partial charge in [0.05, 0.1) is 5.02 Å². The molecule has 0 saturated heterocycles. The largest absolute Gasteiger partial charge is 0.434 e. The van der Waals surface area contributed by atoms with Gasteiger partial charge in [-0.15, -0.1) is 0 Å². The Labute approximate surface area is 117 Å². The Morgan fingerprint density at radius 3 is 2.53 bits per heavy atom. The fourth-order valence-electron chi connectivity index (χ4n) is 1.28. The molecule has 100 valence electrons. The van der Waals surface area contributed by atoms with Crippen LogP contribution in [0.4, 0.5) is 14.6 Å². The third-order valence-electron chi connectivity index (χ3n) is 2.13. The van der Waals surface area contributed by atoms with Crippen LogP contribution in [-0.2, 0) is 0 Å². The van der Waals surface area contributed by atoms with Gasteiger partial charge in [-0.1, -0.05) is 23.2 Å². The second-order valence-corrected chi connectivity index (χ2v) is 4.24. The van der Waals surface area contributed by atoms with Crippen molar-refractivity contribution >= 4 is 29.0 Å². The molecule has 0 aliphatic heterocycles. The molecular weight excluding hydrogens is 299 g/mol. The average molecular weight is 306 g/mol. The van der Waals surface area contributed by atoms with Crippen molar-refractivity contribution in [3.05, 3.63) is 45.9 Å². The lowest BCUT2D eigenvalue weighted by molar-refractivity contribution is 0.424. The number of aromatic nitrogens is 1. The molecule has 0 unspecified atom stereocenters. The van der Waals surface area contributed by atoms with Crippen molar-refractivity contribution in [1.29, 1.82) is 0 Å². The van der Waals surface area contributed by atoms with Crippen molar-refractivity contribution < 1.29 is 13.5 Å². The van der Waals surface area contributed by atoms with Crippen molar-refractivity contribution in [2.75, 3.05) is 5.43 Å². The summed E-state index contributed by atoms with van der Waals surface area (Å²) >= 11 is 11.6. The molecule has 0 aliphatic carbocycles. The summed E-state index contributed by atoms with van der Waals surface area (Å²) in [7, 11) is 0. The summed E-state index contributed by atoms with van der Waals surface area (Å²) in [5, 5.41) is 0.243. The Bertz CT molecular complexity index is 625. The van der Waals surface area contributed by atoms with Gasteiger partial charge in [-0.3, -0.25) is 0 Å².